The van der Waals surface area contributed by atoms with Gasteiger partial charge < -0.3 is 15.1 Å². The Morgan fingerprint density at radius 2 is 2.00 bits per heavy atom. The monoisotopic (exact) mass is 256 g/mol. The summed E-state index contributed by atoms with van der Waals surface area (Å²) in [4.78, 5) is 16.8. The number of nitrogens with zero attached hydrogens (tertiary/aromatic N) is 2. The van der Waals surface area contributed by atoms with E-state index in [4.69, 9.17) is 0 Å². The standard InChI is InChI=1S/C11H20N4OS/c1-14-2-4-15(5-3-14)10(16)9-6-17-11(13-9)7-12-8-11/h9,12-13H,2-8H2,1H3/t9-/m0/s1. The molecule has 0 radical (unpaired) electrons. The van der Waals surface area contributed by atoms with Crippen LogP contribution in [0.4, 0.5) is 0 Å². The van der Waals surface area contributed by atoms with Crippen LogP contribution in [0.15, 0.2) is 0 Å². The van der Waals surface area contributed by atoms with Gasteiger partial charge >= 0.3 is 0 Å². The molecule has 0 aliphatic carbocycles. The Labute approximate surface area is 106 Å². The van der Waals surface area contributed by atoms with Crippen LogP contribution in [-0.4, -0.2) is 78.7 Å². The first-order valence-corrected chi connectivity index (χ1v) is 7.27. The average Bonchev–Trinajstić information content (AvgIpc) is 2.74. The number of likely N-dealkylation sites (N-methyl/N-ethyl adjacent to an activating group) is 1. The zero-order valence-electron chi connectivity index (χ0n) is 10.2. The molecular formula is C11H20N4OS. The van der Waals surface area contributed by atoms with E-state index in [1.54, 1.807) is 0 Å². The van der Waals surface area contributed by atoms with Crippen LogP contribution >= 0.6 is 11.8 Å². The fourth-order valence-electron chi connectivity index (χ4n) is 2.58. The fraction of sp³-hybridized carbons (Fsp3) is 0.909. The van der Waals surface area contributed by atoms with Crippen molar-refractivity contribution in [3.05, 3.63) is 0 Å². The molecule has 96 valence electrons. The summed E-state index contributed by atoms with van der Waals surface area (Å²) < 4.78 is 0. The number of carbonyl (C=O) groups excluding carboxylic acids is 1. The van der Waals surface area contributed by atoms with Crippen LogP contribution in [0.1, 0.15) is 0 Å². The van der Waals surface area contributed by atoms with E-state index in [9.17, 15) is 4.79 Å². The van der Waals surface area contributed by atoms with Gasteiger partial charge in [0, 0.05) is 45.0 Å². The second-order valence-electron chi connectivity index (χ2n) is 5.23. The van der Waals surface area contributed by atoms with Gasteiger partial charge in [0.1, 0.15) is 0 Å². The number of hydrogen-bond donors (Lipinski definition) is 2. The molecule has 3 aliphatic rings. The van der Waals surface area contributed by atoms with Crippen LogP contribution in [-0.2, 0) is 4.79 Å². The van der Waals surface area contributed by atoms with Crippen molar-refractivity contribution in [1.29, 1.82) is 0 Å². The van der Waals surface area contributed by atoms with Gasteiger partial charge in [0.2, 0.25) is 5.91 Å². The van der Waals surface area contributed by atoms with E-state index in [2.05, 4.69) is 22.6 Å². The van der Waals surface area contributed by atoms with E-state index in [0.29, 0.717) is 5.91 Å². The van der Waals surface area contributed by atoms with E-state index in [1.165, 1.54) is 0 Å². The van der Waals surface area contributed by atoms with Crippen molar-refractivity contribution in [2.45, 2.75) is 10.9 Å². The number of hydrogen-bond acceptors (Lipinski definition) is 5. The minimum Gasteiger partial charge on any atom is -0.339 e. The molecule has 1 amide bonds. The maximum Gasteiger partial charge on any atom is 0.240 e. The summed E-state index contributed by atoms with van der Waals surface area (Å²) in [7, 11) is 2.11. The lowest BCUT2D eigenvalue weighted by Crippen LogP contribution is -2.66. The third kappa shape index (κ3) is 2.19. The molecule has 0 bridgehead atoms. The van der Waals surface area contributed by atoms with Gasteiger partial charge in [-0.1, -0.05) is 0 Å². The summed E-state index contributed by atoms with van der Waals surface area (Å²) in [6.07, 6.45) is 0. The first-order valence-electron chi connectivity index (χ1n) is 6.28. The number of carbonyl (C=O) groups is 1. The minimum atomic E-state index is 0.0329. The van der Waals surface area contributed by atoms with Crippen LogP contribution < -0.4 is 10.6 Å². The smallest absolute Gasteiger partial charge is 0.240 e. The summed E-state index contributed by atoms with van der Waals surface area (Å²) in [5.74, 6) is 1.22. The lowest BCUT2D eigenvalue weighted by atomic mass is 10.1. The van der Waals surface area contributed by atoms with Crippen LogP contribution in [0, 0.1) is 0 Å². The predicted octanol–water partition coefficient (Wildman–Crippen LogP) is -1.24. The molecule has 1 atom stereocenters. The number of thioether (sulfide) groups is 1. The average molecular weight is 256 g/mol. The highest BCUT2D eigenvalue weighted by molar-refractivity contribution is 8.01. The highest BCUT2D eigenvalue weighted by Gasteiger charge is 2.47. The Morgan fingerprint density at radius 1 is 1.29 bits per heavy atom. The fourth-order valence-corrected chi connectivity index (χ4v) is 3.93. The summed E-state index contributed by atoms with van der Waals surface area (Å²) in [5.41, 5.74) is 0. The maximum absolute atomic E-state index is 12.3. The summed E-state index contributed by atoms with van der Waals surface area (Å²) in [6, 6.07) is 0.0329. The maximum atomic E-state index is 12.3. The van der Waals surface area contributed by atoms with Crippen molar-refractivity contribution in [3.63, 3.8) is 0 Å². The van der Waals surface area contributed by atoms with E-state index < -0.39 is 0 Å². The van der Waals surface area contributed by atoms with Gasteiger partial charge in [0.25, 0.3) is 0 Å². The molecule has 0 aromatic heterocycles. The number of rotatable bonds is 1. The van der Waals surface area contributed by atoms with Crippen molar-refractivity contribution in [2.24, 2.45) is 0 Å². The largest absolute Gasteiger partial charge is 0.339 e. The molecule has 3 heterocycles. The van der Waals surface area contributed by atoms with E-state index in [-0.39, 0.29) is 10.9 Å². The van der Waals surface area contributed by atoms with Gasteiger partial charge in [-0.25, -0.2) is 0 Å². The highest BCUT2D eigenvalue weighted by atomic mass is 32.2. The van der Waals surface area contributed by atoms with Crippen LogP contribution in [0.5, 0.6) is 0 Å². The zero-order valence-corrected chi connectivity index (χ0v) is 11.1. The summed E-state index contributed by atoms with van der Waals surface area (Å²) in [6.45, 7) is 5.73. The second-order valence-corrected chi connectivity index (χ2v) is 6.64. The Bertz CT molecular complexity index is 313. The van der Waals surface area contributed by atoms with Crippen molar-refractivity contribution < 1.29 is 4.79 Å². The number of piperazine rings is 1. The van der Waals surface area contributed by atoms with E-state index >= 15 is 0 Å². The third-order valence-corrected chi connectivity index (χ3v) is 5.36. The topological polar surface area (TPSA) is 47.6 Å². The molecule has 3 aliphatic heterocycles. The molecule has 0 saturated carbocycles. The molecule has 5 nitrogen and oxygen atoms in total. The number of nitrogens with one attached hydrogen (secondary N) is 2. The van der Waals surface area contributed by atoms with Crippen molar-refractivity contribution in [2.75, 3.05) is 52.1 Å². The zero-order chi connectivity index (χ0) is 11.9. The van der Waals surface area contributed by atoms with Crippen molar-refractivity contribution in [1.82, 2.24) is 20.4 Å². The lowest BCUT2D eigenvalue weighted by Gasteiger charge is -2.39. The van der Waals surface area contributed by atoms with Crippen LogP contribution in [0.25, 0.3) is 0 Å². The van der Waals surface area contributed by atoms with Gasteiger partial charge in [0.15, 0.2) is 0 Å². The van der Waals surface area contributed by atoms with E-state index in [0.717, 1.165) is 45.0 Å². The molecule has 0 unspecified atom stereocenters. The molecule has 2 N–H and O–H groups in total. The van der Waals surface area contributed by atoms with Gasteiger partial charge in [-0.2, -0.15) is 0 Å². The quantitative estimate of drug-likeness (QED) is 0.615. The Balaban J connectivity index is 1.56. The first kappa shape index (κ1) is 11.8. The molecule has 0 aromatic carbocycles. The molecular weight excluding hydrogens is 236 g/mol. The molecule has 1 spiro atoms. The summed E-state index contributed by atoms with van der Waals surface area (Å²) in [5, 5.41) is 6.78. The first-order chi connectivity index (χ1) is 8.19. The Kier molecular flexibility index (Phi) is 3.06. The van der Waals surface area contributed by atoms with Gasteiger partial charge in [-0.15, -0.1) is 11.8 Å². The Hall–Kier alpha value is -0.300. The van der Waals surface area contributed by atoms with Gasteiger partial charge in [-0.3, -0.25) is 10.1 Å². The van der Waals surface area contributed by atoms with Gasteiger partial charge in [-0.05, 0) is 7.05 Å². The Morgan fingerprint density at radius 3 is 2.53 bits per heavy atom. The molecule has 3 rings (SSSR count). The predicted molar refractivity (Wildman–Crippen MR) is 69.1 cm³/mol. The SMILES string of the molecule is CN1CCN(C(=O)[C@@H]2CSC3(CNC3)N2)CC1. The lowest BCUT2D eigenvalue weighted by molar-refractivity contribution is -0.134. The second kappa shape index (κ2) is 4.42. The van der Waals surface area contributed by atoms with Crippen LogP contribution in [0.2, 0.25) is 0 Å². The summed E-state index contributed by atoms with van der Waals surface area (Å²) >= 11 is 1.90. The van der Waals surface area contributed by atoms with Crippen molar-refractivity contribution in [3.8, 4) is 0 Å². The van der Waals surface area contributed by atoms with Gasteiger partial charge in [0.05, 0.1) is 10.9 Å². The van der Waals surface area contributed by atoms with Crippen molar-refractivity contribution >= 4 is 17.7 Å². The highest BCUT2D eigenvalue weighted by Crippen LogP contribution is 2.34. The van der Waals surface area contributed by atoms with E-state index in [1.807, 2.05) is 16.7 Å². The van der Waals surface area contributed by atoms with Crippen LogP contribution in [0.3, 0.4) is 0 Å². The number of amides is 1. The molecule has 17 heavy (non-hydrogen) atoms. The third-order valence-electron chi connectivity index (χ3n) is 3.90. The molecule has 3 fully saturated rings. The normalized spacial score (nSPS) is 32.8. The molecule has 3 saturated heterocycles. The molecule has 6 heteroatoms. The minimum absolute atomic E-state index is 0.0329. The molecule has 0 aromatic rings.